The number of rotatable bonds is 3. The summed E-state index contributed by atoms with van der Waals surface area (Å²) in [6.45, 7) is 0. The lowest BCUT2D eigenvalue weighted by Gasteiger charge is -2.28. The van der Waals surface area contributed by atoms with E-state index in [2.05, 4.69) is 10.3 Å². The SMILES string of the molecule is CO[C@H]1CCCC(NC(=O)c2ccccn2)C1. The second-order valence-electron chi connectivity index (χ2n) is 4.41. The molecule has 0 aliphatic heterocycles. The monoisotopic (exact) mass is 234 g/mol. The first-order valence-electron chi connectivity index (χ1n) is 6.04. The van der Waals surface area contributed by atoms with Gasteiger partial charge in [0, 0.05) is 19.3 Å². The Morgan fingerprint density at radius 3 is 3.06 bits per heavy atom. The van der Waals surface area contributed by atoms with E-state index in [9.17, 15) is 4.79 Å². The van der Waals surface area contributed by atoms with Crippen molar-refractivity contribution in [3.63, 3.8) is 0 Å². The molecule has 2 atom stereocenters. The number of nitrogens with zero attached hydrogens (tertiary/aromatic N) is 1. The van der Waals surface area contributed by atoms with Crippen LogP contribution in [0, 0.1) is 0 Å². The second-order valence-corrected chi connectivity index (χ2v) is 4.41. The third-order valence-electron chi connectivity index (χ3n) is 3.19. The van der Waals surface area contributed by atoms with Crippen LogP contribution in [-0.4, -0.2) is 30.1 Å². The minimum atomic E-state index is -0.0904. The molecule has 1 fully saturated rings. The molecule has 1 N–H and O–H groups in total. The summed E-state index contributed by atoms with van der Waals surface area (Å²) in [5, 5.41) is 3.02. The fourth-order valence-electron chi connectivity index (χ4n) is 2.25. The summed E-state index contributed by atoms with van der Waals surface area (Å²) in [5.41, 5.74) is 0.479. The molecule has 0 bridgehead atoms. The Balaban J connectivity index is 1.90. The number of amides is 1. The van der Waals surface area contributed by atoms with Gasteiger partial charge in [0.1, 0.15) is 5.69 Å². The van der Waals surface area contributed by atoms with E-state index in [1.165, 1.54) is 0 Å². The number of aromatic nitrogens is 1. The highest BCUT2D eigenvalue weighted by atomic mass is 16.5. The van der Waals surface area contributed by atoms with Gasteiger partial charge in [-0.25, -0.2) is 0 Å². The zero-order valence-electron chi connectivity index (χ0n) is 10.1. The summed E-state index contributed by atoms with van der Waals surface area (Å²) in [7, 11) is 1.73. The van der Waals surface area contributed by atoms with Crippen LogP contribution in [0.2, 0.25) is 0 Å². The number of pyridine rings is 1. The quantitative estimate of drug-likeness (QED) is 0.867. The average Bonchev–Trinajstić information content (AvgIpc) is 2.40. The van der Waals surface area contributed by atoms with Crippen molar-refractivity contribution < 1.29 is 9.53 Å². The molecule has 1 aromatic heterocycles. The van der Waals surface area contributed by atoms with Crippen LogP contribution < -0.4 is 5.32 Å². The van der Waals surface area contributed by atoms with Crippen molar-refractivity contribution in [2.75, 3.05) is 7.11 Å². The number of nitrogens with one attached hydrogen (secondary N) is 1. The van der Waals surface area contributed by atoms with Gasteiger partial charge >= 0.3 is 0 Å². The molecule has 17 heavy (non-hydrogen) atoms. The van der Waals surface area contributed by atoms with Crippen LogP contribution in [-0.2, 0) is 4.74 Å². The number of hydrogen-bond donors (Lipinski definition) is 1. The highest BCUT2D eigenvalue weighted by Gasteiger charge is 2.23. The van der Waals surface area contributed by atoms with E-state index in [0.717, 1.165) is 25.7 Å². The smallest absolute Gasteiger partial charge is 0.270 e. The van der Waals surface area contributed by atoms with Crippen LogP contribution in [0.15, 0.2) is 24.4 Å². The van der Waals surface area contributed by atoms with Gasteiger partial charge in [-0.3, -0.25) is 9.78 Å². The standard InChI is InChI=1S/C13H18N2O2/c1-17-11-6-4-5-10(9-11)15-13(16)12-7-2-3-8-14-12/h2-3,7-8,10-11H,4-6,9H2,1H3,(H,15,16)/t10?,11-/m0/s1. The molecule has 1 heterocycles. The fourth-order valence-corrected chi connectivity index (χ4v) is 2.25. The number of ether oxygens (including phenoxy) is 1. The van der Waals surface area contributed by atoms with Crippen LogP contribution in [0.5, 0.6) is 0 Å². The summed E-state index contributed by atoms with van der Waals surface area (Å²) < 4.78 is 5.34. The van der Waals surface area contributed by atoms with Crippen LogP contribution in [0.1, 0.15) is 36.2 Å². The maximum atomic E-state index is 11.9. The lowest BCUT2D eigenvalue weighted by atomic mass is 9.93. The largest absolute Gasteiger partial charge is 0.381 e. The number of methoxy groups -OCH3 is 1. The first-order valence-corrected chi connectivity index (χ1v) is 6.04. The van der Waals surface area contributed by atoms with Crippen molar-refractivity contribution in [1.82, 2.24) is 10.3 Å². The van der Waals surface area contributed by atoms with E-state index in [0.29, 0.717) is 5.69 Å². The molecule has 2 rings (SSSR count). The van der Waals surface area contributed by atoms with Gasteiger partial charge in [0.15, 0.2) is 0 Å². The molecule has 1 unspecified atom stereocenters. The van der Waals surface area contributed by atoms with E-state index in [1.54, 1.807) is 25.4 Å². The van der Waals surface area contributed by atoms with Gasteiger partial charge in [-0.15, -0.1) is 0 Å². The van der Waals surface area contributed by atoms with Gasteiger partial charge in [0.2, 0.25) is 0 Å². The first-order chi connectivity index (χ1) is 8.29. The van der Waals surface area contributed by atoms with Crippen LogP contribution in [0.25, 0.3) is 0 Å². The minimum Gasteiger partial charge on any atom is -0.381 e. The van der Waals surface area contributed by atoms with Crippen LogP contribution in [0.3, 0.4) is 0 Å². The lowest BCUT2D eigenvalue weighted by Crippen LogP contribution is -2.40. The highest BCUT2D eigenvalue weighted by Crippen LogP contribution is 2.20. The first kappa shape index (κ1) is 12.0. The predicted octanol–water partition coefficient (Wildman–Crippen LogP) is 1.77. The molecular weight excluding hydrogens is 216 g/mol. The average molecular weight is 234 g/mol. The van der Waals surface area contributed by atoms with Gasteiger partial charge in [-0.1, -0.05) is 6.07 Å². The summed E-state index contributed by atoms with van der Waals surface area (Å²) >= 11 is 0. The molecule has 1 aliphatic rings. The van der Waals surface area contributed by atoms with E-state index in [4.69, 9.17) is 4.74 Å². The Hall–Kier alpha value is -1.42. The Labute approximate surface area is 101 Å². The van der Waals surface area contributed by atoms with E-state index >= 15 is 0 Å². The summed E-state index contributed by atoms with van der Waals surface area (Å²) in [5.74, 6) is -0.0904. The molecule has 1 aromatic rings. The van der Waals surface area contributed by atoms with Gasteiger partial charge in [0.25, 0.3) is 5.91 Å². The van der Waals surface area contributed by atoms with Crippen molar-refractivity contribution in [1.29, 1.82) is 0 Å². The van der Waals surface area contributed by atoms with E-state index < -0.39 is 0 Å². The fraction of sp³-hybridized carbons (Fsp3) is 0.538. The van der Waals surface area contributed by atoms with Gasteiger partial charge in [-0.2, -0.15) is 0 Å². The van der Waals surface area contributed by atoms with Crippen molar-refractivity contribution in [2.24, 2.45) is 0 Å². The Morgan fingerprint density at radius 2 is 2.35 bits per heavy atom. The van der Waals surface area contributed by atoms with E-state index in [-0.39, 0.29) is 18.1 Å². The second kappa shape index (κ2) is 5.77. The number of carbonyl (C=O) groups excluding carboxylic acids is 1. The summed E-state index contributed by atoms with van der Waals surface area (Å²) in [6.07, 6.45) is 6.03. The Kier molecular flexibility index (Phi) is 4.09. The van der Waals surface area contributed by atoms with Crippen LogP contribution >= 0.6 is 0 Å². The topological polar surface area (TPSA) is 51.2 Å². The van der Waals surface area contributed by atoms with Crippen molar-refractivity contribution in [3.05, 3.63) is 30.1 Å². The molecule has 0 radical (unpaired) electrons. The highest BCUT2D eigenvalue weighted by molar-refractivity contribution is 5.92. The maximum Gasteiger partial charge on any atom is 0.270 e. The maximum absolute atomic E-state index is 11.9. The minimum absolute atomic E-state index is 0.0904. The normalized spacial score (nSPS) is 24.3. The molecule has 92 valence electrons. The van der Waals surface area contributed by atoms with Crippen molar-refractivity contribution in [2.45, 2.75) is 37.8 Å². The van der Waals surface area contributed by atoms with Gasteiger partial charge < -0.3 is 10.1 Å². The van der Waals surface area contributed by atoms with Gasteiger partial charge in [0.05, 0.1) is 6.10 Å². The summed E-state index contributed by atoms with van der Waals surface area (Å²) in [4.78, 5) is 15.9. The molecule has 1 aliphatic carbocycles. The number of carbonyl (C=O) groups is 1. The lowest BCUT2D eigenvalue weighted by molar-refractivity contribution is 0.0562. The van der Waals surface area contributed by atoms with Crippen molar-refractivity contribution in [3.8, 4) is 0 Å². The molecule has 1 saturated carbocycles. The Bertz CT molecular complexity index is 367. The van der Waals surface area contributed by atoms with Crippen LogP contribution in [0.4, 0.5) is 0 Å². The Morgan fingerprint density at radius 1 is 1.47 bits per heavy atom. The summed E-state index contributed by atoms with van der Waals surface area (Å²) in [6, 6.07) is 5.56. The molecule has 4 heteroatoms. The zero-order chi connectivity index (χ0) is 12.1. The third kappa shape index (κ3) is 3.27. The molecule has 0 spiro atoms. The number of hydrogen-bond acceptors (Lipinski definition) is 3. The van der Waals surface area contributed by atoms with E-state index in [1.807, 2.05) is 6.07 Å². The molecule has 0 saturated heterocycles. The van der Waals surface area contributed by atoms with Gasteiger partial charge in [-0.05, 0) is 37.8 Å². The van der Waals surface area contributed by atoms with Crippen molar-refractivity contribution >= 4 is 5.91 Å². The molecule has 1 amide bonds. The molecular formula is C13H18N2O2. The third-order valence-corrected chi connectivity index (χ3v) is 3.19. The zero-order valence-corrected chi connectivity index (χ0v) is 10.1. The molecule has 4 nitrogen and oxygen atoms in total. The molecule has 0 aromatic carbocycles. The predicted molar refractivity (Wildman–Crippen MR) is 64.8 cm³/mol.